The number of anilines is 1. The van der Waals surface area contributed by atoms with Crippen LogP contribution in [0.3, 0.4) is 0 Å². The molecule has 2 aliphatic rings. The summed E-state index contributed by atoms with van der Waals surface area (Å²) in [6, 6.07) is 5.78. The molecule has 2 N–H and O–H groups in total. The number of esters is 1. The van der Waals surface area contributed by atoms with E-state index < -0.39 is 23.4 Å². The Morgan fingerprint density at radius 3 is 2.36 bits per heavy atom. The van der Waals surface area contributed by atoms with E-state index in [9.17, 15) is 19.2 Å². The van der Waals surface area contributed by atoms with Gasteiger partial charge in [0.1, 0.15) is 12.1 Å². The third-order valence-electron chi connectivity index (χ3n) is 7.24. The maximum atomic E-state index is 13.1. The first kappa shape index (κ1) is 24.7. The van der Waals surface area contributed by atoms with E-state index in [0.717, 1.165) is 30.6 Å². The number of benzene rings is 1. The number of imide groups is 1. The number of urea groups is 1. The van der Waals surface area contributed by atoms with Crippen molar-refractivity contribution in [2.45, 2.75) is 71.8 Å². The van der Waals surface area contributed by atoms with Crippen molar-refractivity contribution in [1.82, 2.24) is 10.2 Å². The Morgan fingerprint density at radius 1 is 1.15 bits per heavy atom. The van der Waals surface area contributed by atoms with Gasteiger partial charge in [0.05, 0.1) is 12.2 Å². The molecule has 2 fully saturated rings. The molecule has 0 unspecified atom stereocenters. The van der Waals surface area contributed by atoms with Crippen LogP contribution >= 0.6 is 0 Å². The molecule has 0 atom stereocenters. The number of nitrogens with zero attached hydrogens (tertiary/aromatic N) is 1. The SMILES string of the molecule is CCCOC(=O)c1ccc(NC(=O)CN2C(=O)NC3(CCC(C(C)(C)CC)CC3)C2=O)cc1. The molecule has 1 aromatic rings. The molecule has 8 nitrogen and oxygen atoms in total. The highest BCUT2D eigenvalue weighted by atomic mass is 16.5. The summed E-state index contributed by atoms with van der Waals surface area (Å²) in [7, 11) is 0. The first-order valence-electron chi connectivity index (χ1n) is 11.8. The highest BCUT2D eigenvalue weighted by Gasteiger charge is 2.53. The molecule has 1 spiro atoms. The maximum Gasteiger partial charge on any atom is 0.338 e. The molecule has 4 amide bonds. The summed E-state index contributed by atoms with van der Waals surface area (Å²) >= 11 is 0. The van der Waals surface area contributed by atoms with Crippen LogP contribution in [-0.4, -0.2) is 47.4 Å². The van der Waals surface area contributed by atoms with Crippen LogP contribution in [0, 0.1) is 11.3 Å². The zero-order valence-corrected chi connectivity index (χ0v) is 20.0. The molecule has 1 saturated carbocycles. The molecule has 1 saturated heterocycles. The molecule has 1 heterocycles. The summed E-state index contributed by atoms with van der Waals surface area (Å²) in [5.41, 5.74) is 0.170. The molecule has 0 aromatic heterocycles. The van der Waals surface area contributed by atoms with Crippen molar-refractivity contribution in [2.24, 2.45) is 11.3 Å². The van der Waals surface area contributed by atoms with Crippen LogP contribution in [0.1, 0.15) is 76.6 Å². The van der Waals surface area contributed by atoms with Gasteiger partial charge < -0.3 is 15.4 Å². The van der Waals surface area contributed by atoms with Gasteiger partial charge in [-0.3, -0.25) is 14.5 Å². The number of hydrogen-bond donors (Lipinski definition) is 2. The molecule has 1 aromatic carbocycles. The lowest BCUT2D eigenvalue weighted by molar-refractivity contribution is -0.135. The highest BCUT2D eigenvalue weighted by Crippen LogP contribution is 2.45. The molecule has 8 heteroatoms. The largest absolute Gasteiger partial charge is 0.462 e. The molecule has 0 radical (unpaired) electrons. The Bertz CT molecular complexity index is 901. The quantitative estimate of drug-likeness (QED) is 0.452. The van der Waals surface area contributed by atoms with Gasteiger partial charge in [0, 0.05) is 5.69 Å². The molecular weight excluding hydrogens is 422 g/mol. The number of nitrogens with one attached hydrogen (secondary N) is 2. The Morgan fingerprint density at radius 2 is 1.79 bits per heavy atom. The Hall–Kier alpha value is -2.90. The molecule has 0 bridgehead atoms. The number of carbonyl (C=O) groups excluding carboxylic acids is 4. The molecular formula is C25H35N3O5. The van der Waals surface area contributed by atoms with E-state index >= 15 is 0 Å². The third kappa shape index (κ3) is 5.37. The summed E-state index contributed by atoms with van der Waals surface area (Å²) in [6.45, 7) is 8.60. The third-order valence-corrected chi connectivity index (χ3v) is 7.24. The Balaban J connectivity index is 1.57. The van der Waals surface area contributed by atoms with Gasteiger partial charge in [-0.2, -0.15) is 0 Å². The van der Waals surface area contributed by atoms with Gasteiger partial charge in [-0.05, 0) is 67.7 Å². The second-order valence-electron chi connectivity index (χ2n) is 9.78. The van der Waals surface area contributed by atoms with Crippen LogP contribution in [0.25, 0.3) is 0 Å². The lowest BCUT2D eigenvalue weighted by atomic mass is 9.65. The fourth-order valence-electron chi connectivity index (χ4n) is 4.65. The zero-order chi connectivity index (χ0) is 24.2. The van der Waals surface area contributed by atoms with E-state index in [-0.39, 0.29) is 17.9 Å². The zero-order valence-electron chi connectivity index (χ0n) is 20.0. The summed E-state index contributed by atoms with van der Waals surface area (Å²) in [4.78, 5) is 51.1. The molecule has 1 aliphatic carbocycles. The molecule has 1 aliphatic heterocycles. The van der Waals surface area contributed by atoms with Crippen LogP contribution in [0.2, 0.25) is 0 Å². The number of hydrogen-bond acceptors (Lipinski definition) is 5. The normalized spacial score (nSPS) is 22.9. The predicted octanol–water partition coefficient (Wildman–Crippen LogP) is 4.11. The molecule has 3 rings (SSSR count). The number of carbonyl (C=O) groups is 4. The summed E-state index contributed by atoms with van der Waals surface area (Å²) in [6.07, 6.45) is 4.75. The lowest BCUT2D eigenvalue weighted by Gasteiger charge is -2.42. The van der Waals surface area contributed by atoms with Gasteiger partial charge in [-0.25, -0.2) is 9.59 Å². The Kier molecular flexibility index (Phi) is 7.44. The lowest BCUT2D eigenvalue weighted by Crippen LogP contribution is -2.51. The highest BCUT2D eigenvalue weighted by molar-refractivity contribution is 6.10. The number of rotatable bonds is 8. The first-order chi connectivity index (χ1) is 15.6. The first-order valence-corrected chi connectivity index (χ1v) is 11.8. The van der Waals surface area contributed by atoms with Crippen molar-refractivity contribution in [3.8, 4) is 0 Å². The van der Waals surface area contributed by atoms with Crippen LogP contribution in [-0.2, 0) is 14.3 Å². The maximum absolute atomic E-state index is 13.1. The monoisotopic (exact) mass is 457 g/mol. The van der Waals surface area contributed by atoms with Gasteiger partial charge in [-0.1, -0.05) is 34.1 Å². The topological polar surface area (TPSA) is 105 Å². The summed E-state index contributed by atoms with van der Waals surface area (Å²) in [5.74, 6) is -0.698. The van der Waals surface area contributed by atoms with E-state index in [4.69, 9.17) is 4.74 Å². The van der Waals surface area contributed by atoms with Gasteiger partial charge in [0.15, 0.2) is 0 Å². The summed E-state index contributed by atoms with van der Waals surface area (Å²) < 4.78 is 5.08. The van der Waals surface area contributed by atoms with Gasteiger partial charge >= 0.3 is 12.0 Å². The minimum atomic E-state index is -0.891. The van der Waals surface area contributed by atoms with Crippen molar-refractivity contribution in [3.05, 3.63) is 29.8 Å². The fourth-order valence-corrected chi connectivity index (χ4v) is 4.65. The minimum absolute atomic E-state index is 0.204. The van der Waals surface area contributed by atoms with Crippen molar-refractivity contribution in [1.29, 1.82) is 0 Å². The smallest absolute Gasteiger partial charge is 0.338 e. The average molecular weight is 458 g/mol. The second-order valence-corrected chi connectivity index (χ2v) is 9.78. The van der Waals surface area contributed by atoms with Gasteiger partial charge in [-0.15, -0.1) is 0 Å². The van der Waals surface area contributed by atoms with E-state index in [1.165, 1.54) is 0 Å². The van der Waals surface area contributed by atoms with Crippen molar-refractivity contribution in [2.75, 3.05) is 18.5 Å². The van der Waals surface area contributed by atoms with E-state index in [2.05, 4.69) is 31.4 Å². The van der Waals surface area contributed by atoms with Crippen LogP contribution < -0.4 is 10.6 Å². The van der Waals surface area contributed by atoms with E-state index in [1.807, 2.05) is 6.92 Å². The molecule has 33 heavy (non-hydrogen) atoms. The van der Waals surface area contributed by atoms with Crippen molar-refractivity contribution >= 4 is 29.5 Å². The second kappa shape index (κ2) is 9.93. The summed E-state index contributed by atoms with van der Waals surface area (Å²) in [5, 5.41) is 5.55. The number of ether oxygens (including phenoxy) is 1. The van der Waals surface area contributed by atoms with Gasteiger partial charge in [0.25, 0.3) is 5.91 Å². The van der Waals surface area contributed by atoms with Gasteiger partial charge in [0.2, 0.25) is 5.91 Å². The average Bonchev–Trinajstić information content (AvgIpc) is 3.02. The van der Waals surface area contributed by atoms with E-state index in [1.54, 1.807) is 24.3 Å². The van der Waals surface area contributed by atoms with Crippen molar-refractivity contribution in [3.63, 3.8) is 0 Å². The molecule has 180 valence electrons. The fraction of sp³-hybridized carbons (Fsp3) is 0.600. The van der Waals surface area contributed by atoms with Crippen molar-refractivity contribution < 1.29 is 23.9 Å². The van der Waals surface area contributed by atoms with Crippen LogP contribution in [0.15, 0.2) is 24.3 Å². The van der Waals surface area contributed by atoms with Crippen LogP contribution in [0.5, 0.6) is 0 Å². The van der Waals surface area contributed by atoms with Crippen LogP contribution in [0.4, 0.5) is 10.5 Å². The Labute approximate surface area is 195 Å². The number of amides is 4. The predicted molar refractivity (Wildman–Crippen MR) is 125 cm³/mol. The van der Waals surface area contributed by atoms with E-state index in [0.29, 0.717) is 36.6 Å². The minimum Gasteiger partial charge on any atom is -0.462 e. The standard InChI is InChI=1S/C25H35N3O5/c1-5-15-33-21(30)17-7-9-19(10-8-17)26-20(29)16-28-22(31)25(27-23(28)32)13-11-18(12-14-25)24(3,4)6-2/h7-10,18H,5-6,11-16H2,1-4H3,(H,26,29)(H,27,32).